The smallest absolute Gasteiger partial charge is 0.247 e. The van der Waals surface area contributed by atoms with Gasteiger partial charge >= 0.3 is 0 Å². The van der Waals surface area contributed by atoms with Crippen LogP contribution in [0.2, 0.25) is 0 Å². The van der Waals surface area contributed by atoms with E-state index in [1.165, 1.54) is 6.08 Å². The van der Waals surface area contributed by atoms with Crippen molar-refractivity contribution in [1.29, 1.82) is 0 Å². The van der Waals surface area contributed by atoms with E-state index >= 15 is 0 Å². The molecule has 8 nitrogen and oxygen atoms in total. The molecule has 1 amide bonds. The normalized spacial score (nSPS) is 16.6. The topological polar surface area (TPSA) is 93.6 Å². The molecule has 1 atom stereocenters. The lowest BCUT2D eigenvalue weighted by Crippen LogP contribution is -2.52. The van der Waals surface area contributed by atoms with Crippen molar-refractivity contribution in [2.45, 2.75) is 26.7 Å². The number of hydrogen-bond acceptors (Lipinski definition) is 7. The molecular weight excluding hydrogens is 344 g/mol. The van der Waals surface area contributed by atoms with Crippen LogP contribution in [0.15, 0.2) is 43.1 Å². The number of anilines is 4. The van der Waals surface area contributed by atoms with Gasteiger partial charge in [-0.1, -0.05) is 25.6 Å². The van der Waals surface area contributed by atoms with Crippen molar-refractivity contribution in [1.82, 2.24) is 14.9 Å². The van der Waals surface area contributed by atoms with E-state index in [0.717, 1.165) is 12.1 Å². The summed E-state index contributed by atoms with van der Waals surface area (Å²) in [7, 11) is 0. The number of hydrogen-bond donors (Lipinski definition) is 3. The van der Waals surface area contributed by atoms with Gasteiger partial charge in [-0.2, -0.15) is 4.98 Å². The molecular formula is C19H24N6O2. The Labute approximate surface area is 158 Å². The first-order valence-electron chi connectivity index (χ1n) is 8.91. The van der Waals surface area contributed by atoms with Crippen molar-refractivity contribution < 1.29 is 9.90 Å². The van der Waals surface area contributed by atoms with Crippen LogP contribution in [0.4, 0.5) is 23.1 Å². The Hall–Kier alpha value is -2.97. The predicted molar refractivity (Wildman–Crippen MR) is 106 cm³/mol. The van der Waals surface area contributed by atoms with E-state index in [0.29, 0.717) is 36.2 Å². The average molecular weight is 368 g/mol. The van der Waals surface area contributed by atoms with E-state index in [1.54, 1.807) is 12.3 Å². The second-order valence-corrected chi connectivity index (χ2v) is 6.10. The zero-order chi connectivity index (χ0) is 19.4. The third-order valence-corrected chi connectivity index (χ3v) is 4.46. The van der Waals surface area contributed by atoms with Crippen molar-refractivity contribution >= 4 is 29.0 Å². The van der Waals surface area contributed by atoms with Crippen LogP contribution in [0.25, 0.3) is 0 Å². The summed E-state index contributed by atoms with van der Waals surface area (Å²) >= 11 is 0. The van der Waals surface area contributed by atoms with Crippen LogP contribution in [0.5, 0.6) is 0 Å². The van der Waals surface area contributed by atoms with Crippen LogP contribution in [0, 0.1) is 0 Å². The summed E-state index contributed by atoms with van der Waals surface area (Å²) in [6.45, 7) is 9.39. The molecule has 0 spiro atoms. The molecule has 1 aromatic carbocycles. The average Bonchev–Trinajstić information content (AvgIpc) is 2.69. The number of aromatic nitrogens is 2. The van der Waals surface area contributed by atoms with Crippen molar-refractivity contribution in [3.05, 3.63) is 48.7 Å². The largest absolute Gasteiger partial charge is 0.361 e. The Balaban J connectivity index is 1.89. The fourth-order valence-corrected chi connectivity index (χ4v) is 3.02. The summed E-state index contributed by atoms with van der Waals surface area (Å²) in [6.07, 6.45) is 2.27. The number of rotatable bonds is 6. The lowest BCUT2D eigenvalue weighted by atomic mass is 10.2. The Kier molecular flexibility index (Phi) is 5.68. The Bertz CT molecular complexity index is 841. The van der Waals surface area contributed by atoms with Crippen LogP contribution in [-0.4, -0.2) is 45.3 Å². The third kappa shape index (κ3) is 3.91. The number of benzene rings is 1. The summed E-state index contributed by atoms with van der Waals surface area (Å²) in [5.41, 5.74) is 2.23. The first-order chi connectivity index (χ1) is 13.1. The molecule has 2 heterocycles. The molecule has 8 heteroatoms. The van der Waals surface area contributed by atoms with Crippen molar-refractivity contribution in [2.24, 2.45) is 0 Å². The Morgan fingerprint density at radius 2 is 2.07 bits per heavy atom. The minimum atomic E-state index is -0.714. The molecule has 142 valence electrons. The zero-order valence-corrected chi connectivity index (χ0v) is 15.5. The summed E-state index contributed by atoms with van der Waals surface area (Å²) in [5, 5.41) is 16.4. The van der Waals surface area contributed by atoms with Gasteiger partial charge in [0.2, 0.25) is 11.9 Å². The van der Waals surface area contributed by atoms with E-state index < -0.39 is 6.35 Å². The standard InChI is InChI=1S/C19H24N6O2/c1-4-16(26)21-14-9-7-8-10-15(14)22-18-20-11-13-12-24(5-2)19(27)25(6-3)17(13)23-18/h4,7-11,19,27H,1,5-6,12H2,2-3H3,(H,21,26)(H,20,22,23). The maximum atomic E-state index is 11.6. The van der Waals surface area contributed by atoms with Crippen molar-refractivity contribution in [2.75, 3.05) is 28.6 Å². The summed E-state index contributed by atoms with van der Waals surface area (Å²) < 4.78 is 0. The van der Waals surface area contributed by atoms with Crippen molar-refractivity contribution in [3.8, 4) is 0 Å². The molecule has 27 heavy (non-hydrogen) atoms. The molecule has 3 N–H and O–H groups in total. The summed E-state index contributed by atoms with van der Waals surface area (Å²) in [5.74, 6) is 0.806. The molecule has 0 saturated heterocycles. The van der Waals surface area contributed by atoms with Crippen LogP contribution in [0.3, 0.4) is 0 Å². The lowest BCUT2D eigenvalue weighted by Gasteiger charge is -2.41. The van der Waals surface area contributed by atoms with Crippen LogP contribution >= 0.6 is 0 Å². The molecule has 3 rings (SSSR count). The number of aliphatic hydroxyl groups excluding tert-OH is 1. The first kappa shape index (κ1) is 18.8. The van der Waals surface area contributed by atoms with Gasteiger partial charge in [-0.3, -0.25) is 9.69 Å². The van der Waals surface area contributed by atoms with Gasteiger partial charge < -0.3 is 20.6 Å². The monoisotopic (exact) mass is 368 g/mol. The second-order valence-electron chi connectivity index (χ2n) is 6.10. The van der Waals surface area contributed by atoms with E-state index in [4.69, 9.17) is 0 Å². The molecule has 0 radical (unpaired) electrons. The van der Waals surface area contributed by atoms with Crippen LogP contribution in [0.1, 0.15) is 19.4 Å². The summed E-state index contributed by atoms with van der Waals surface area (Å²) in [4.78, 5) is 24.4. The highest BCUT2D eigenvalue weighted by atomic mass is 16.3. The molecule has 1 aromatic heterocycles. The Morgan fingerprint density at radius 3 is 2.74 bits per heavy atom. The van der Waals surface area contributed by atoms with E-state index in [1.807, 2.05) is 41.8 Å². The van der Waals surface area contributed by atoms with E-state index in [-0.39, 0.29) is 5.91 Å². The molecule has 1 aliphatic rings. The molecule has 1 unspecified atom stereocenters. The van der Waals surface area contributed by atoms with Gasteiger partial charge in [0.15, 0.2) is 6.35 Å². The molecule has 0 saturated carbocycles. The van der Waals surface area contributed by atoms with Gasteiger partial charge in [-0.25, -0.2) is 4.98 Å². The van der Waals surface area contributed by atoms with Gasteiger partial charge in [0, 0.05) is 24.8 Å². The van der Waals surface area contributed by atoms with Gasteiger partial charge in [0.1, 0.15) is 5.82 Å². The van der Waals surface area contributed by atoms with Gasteiger partial charge in [0.05, 0.1) is 11.4 Å². The minimum Gasteiger partial charge on any atom is -0.361 e. The maximum Gasteiger partial charge on any atom is 0.247 e. The molecule has 0 aliphatic carbocycles. The fraction of sp³-hybridized carbons (Fsp3) is 0.316. The highest BCUT2D eigenvalue weighted by Crippen LogP contribution is 2.30. The van der Waals surface area contributed by atoms with E-state index in [9.17, 15) is 9.90 Å². The van der Waals surface area contributed by atoms with Crippen LogP contribution < -0.4 is 15.5 Å². The second kappa shape index (κ2) is 8.15. The predicted octanol–water partition coefficient (Wildman–Crippen LogP) is 2.28. The number of carbonyl (C=O) groups is 1. The SMILES string of the molecule is C=CC(=O)Nc1ccccc1Nc1ncc2c(n1)N(CC)C(O)N(CC)C2. The third-order valence-electron chi connectivity index (χ3n) is 4.46. The minimum absolute atomic E-state index is 0.296. The number of nitrogens with one attached hydrogen (secondary N) is 2. The number of amides is 1. The molecule has 0 fully saturated rings. The quantitative estimate of drug-likeness (QED) is 0.674. The highest BCUT2D eigenvalue weighted by molar-refractivity contribution is 6.01. The van der Waals surface area contributed by atoms with Crippen LogP contribution in [-0.2, 0) is 11.3 Å². The number of para-hydroxylation sites is 2. The molecule has 1 aliphatic heterocycles. The zero-order valence-electron chi connectivity index (χ0n) is 15.5. The Morgan fingerprint density at radius 1 is 1.33 bits per heavy atom. The summed E-state index contributed by atoms with van der Waals surface area (Å²) in [6, 6.07) is 7.29. The van der Waals surface area contributed by atoms with E-state index in [2.05, 4.69) is 27.2 Å². The number of carbonyl (C=O) groups excluding carboxylic acids is 1. The number of nitrogens with zero attached hydrogens (tertiary/aromatic N) is 4. The van der Waals surface area contributed by atoms with Gasteiger partial charge in [-0.05, 0) is 31.7 Å². The maximum absolute atomic E-state index is 11.6. The highest BCUT2D eigenvalue weighted by Gasteiger charge is 2.30. The van der Waals surface area contributed by atoms with Crippen molar-refractivity contribution in [3.63, 3.8) is 0 Å². The number of fused-ring (bicyclic) bond motifs is 1. The molecule has 2 aromatic rings. The fourth-order valence-electron chi connectivity index (χ4n) is 3.02. The van der Waals surface area contributed by atoms with Gasteiger partial charge in [0.25, 0.3) is 0 Å². The molecule has 0 bridgehead atoms. The first-order valence-corrected chi connectivity index (χ1v) is 8.91. The van der Waals surface area contributed by atoms with Gasteiger partial charge in [-0.15, -0.1) is 0 Å². The lowest BCUT2D eigenvalue weighted by molar-refractivity contribution is -0.111. The number of aliphatic hydroxyl groups is 1.